The number of carbonyl (C=O) groups excluding carboxylic acids is 1. The van der Waals surface area contributed by atoms with Crippen LogP contribution in [0.3, 0.4) is 0 Å². The van der Waals surface area contributed by atoms with Crippen LogP contribution in [0, 0.1) is 5.92 Å². The summed E-state index contributed by atoms with van der Waals surface area (Å²) in [6.45, 7) is 6.12. The number of ether oxygens (including phenoxy) is 1. The highest BCUT2D eigenvalue weighted by Gasteiger charge is 2.35. The standard InChI is InChI=1S/C24H28ClF3N2O4S/c1-23(2,3)34-22(31)30-10-8-15(9-11-30)14-35(32,33)18-6-4-16(5-7-18)21-19(24(26,27)28)12-17(29)13-20(21)25/h4-7,12-13,15H,8-11,14,29H2,1-3H3. The van der Waals surface area contributed by atoms with Crippen molar-refractivity contribution >= 4 is 33.2 Å². The van der Waals surface area contributed by atoms with Crippen LogP contribution in [0.4, 0.5) is 23.7 Å². The Hall–Kier alpha value is -2.46. The molecule has 0 aromatic heterocycles. The molecule has 0 spiro atoms. The van der Waals surface area contributed by atoms with Crippen LogP contribution in [0.15, 0.2) is 41.3 Å². The highest BCUT2D eigenvalue weighted by atomic mass is 35.5. The number of sulfone groups is 1. The molecule has 1 amide bonds. The summed E-state index contributed by atoms with van der Waals surface area (Å²) in [5, 5.41) is -0.176. The highest BCUT2D eigenvalue weighted by molar-refractivity contribution is 7.91. The molecule has 0 atom stereocenters. The van der Waals surface area contributed by atoms with Gasteiger partial charge in [-0.05, 0) is 69.4 Å². The molecular weight excluding hydrogens is 505 g/mol. The summed E-state index contributed by atoms with van der Waals surface area (Å²) in [7, 11) is -3.69. The van der Waals surface area contributed by atoms with Crippen LogP contribution in [0.25, 0.3) is 11.1 Å². The first-order valence-corrected chi connectivity index (χ1v) is 13.1. The van der Waals surface area contributed by atoms with Gasteiger partial charge in [0.1, 0.15) is 5.60 Å². The summed E-state index contributed by atoms with van der Waals surface area (Å²) in [5.74, 6) is -0.271. The Morgan fingerprint density at radius 1 is 1.11 bits per heavy atom. The minimum absolute atomic E-state index is 0.0101. The number of nitrogens with zero attached hydrogens (tertiary/aromatic N) is 1. The summed E-state index contributed by atoms with van der Waals surface area (Å²) >= 11 is 6.07. The second kappa shape index (κ2) is 9.89. The van der Waals surface area contributed by atoms with Crippen molar-refractivity contribution in [2.75, 3.05) is 24.6 Å². The molecule has 1 fully saturated rings. The number of benzene rings is 2. The third-order valence-electron chi connectivity index (χ3n) is 5.64. The maximum absolute atomic E-state index is 13.5. The molecule has 192 valence electrons. The van der Waals surface area contributed by atoms with Crippen LogP contribution < -0.4 is 5.73 Å². The molecule has 35 heavy (non-hydrogen) atoms. The lowest BCUT2D eigenvalue weighted by atomic mass is 9.98. The minimum Gasteiger partial charge on any atom is -0.444 e. The Labute approximate surface area is 208 Å². The maximum atomic E-state index is 13.5. The second-order valence-corrected chi connectivity index (χ2v) is 12.1. The van der Waals surface area contributed by atoms with E-state index < -0.39 is 33.3 Å². The number of carbonyl (C=O) groups is 1. The van der Waals surface area contributed by atoms with Gasteiger partial charge < -0.3 is 15.4 Å². The number of hydrogen-bond donors (Lipinski definition) is 1. The van der Waals surface area contributed by atoms with E-state index in [-0.39, 0.29) is 38.4 Å². The maximum Gasteiger partial charge on any atom is 0.417 e. The zero-order valence-corrected chi connectivity index (χ0v) is 21.2. The average Bonchev–Trinajstić information content (AvgIpc) is 2.72. The summed E-state index contributed by atoms with van der Waals surface area (Å²) in [4.78, 5) is 13.8. The predicted molar refractivity (Wildman–Crippen MR) is 129 cm³/mol. The van der Waals surface area contributed by atoms with Crippen LogP contribution in [-0.4, -0.2) is 43.9 Å². The van der Waals surface area contributed by atoms with Crippen molar-refractivity contribution in [2.45, 2.75) is 50.3 Å². The van der Waals surface area contributed by atoms with Crippen LogP contribution in [0.2, 0.25) is 5.02 Å². The third-order valence-corrected chi connectivity index (χ3v) is 7.84. The minimum atomic E-state index is -4.69. The molecule has 0 saturated carbocycles. The van der Waals surface area contributed by atoms with E-state index in [0.29, 0.717) is 25.9 Å². The number of nitrogens with two attached hydrogens (primary N) is 1. The zero-order chi connectivity index (χ0) is 26.2. The lowest BCUT2D eigenvalue weighted by molar-refractivity contribution is -0.137. The molecule has 1 aliphatic heterocycles. The molecular formula is C24H28ClF3N2O4S. The molecule has 2 aromatic carbocycles. The van der Waals surface area contributed by atoms with E-state index in [1.54, 1.807) is 25.7 Å². The molecule has 11 heteroatoms. The molecule has 2 aromatic rings. The van der Waals surface area contributed by atoms with E-state index in [1.165, 1.54) is 30.3 Å². The first kappa shape index (κ1) is 27.1. The largest absolute Gasteiger partial charge is 0.444 e. The number of nitrogen functional groups attached to an aromatic ring is 1. The van der Waals surface area contributed by atoms with Gasteiger partial charge in [0.15, 0.2) is 9.84 Å². The number of rotatable bonds is 4. The number of piperidine rings is 1. The smallest absolute Gasteiger partial charge is 0.417 e. The Morgan fingerprint density at radius 2 is 1.69 bits per heavy atom. The van der Waals surface area contributed by atoms with Gasteiger partial charge in [0.25, 0.3) is 0 Å². The monoisotopic (exact) mass is 532 g/mol. The predicted octanol–water partition coefficient (Wildman–Crippen LogP) is 6.03. The molecule has 1 heterocycles. The normalized spacial score (nSPS) is 15.8. The number of halogens is 4. The summed E-state index contributed by atoms with van der Waals surface area (Å²) < 4.78 is 71.9. The summed E-state index contributed by atoms with van der Waals surface area (Å²) in [5.41, 5.74) is 3.68. The van der Waals surface area contributed by atoms with Crippen LogP contribution >= 0.6 is 11.6 Å². The van der Waals surface area contributed by atoms with Gasteiger partial charge in [-0.1, -0.05) is 23.7 Å². The van der Waals surface area contributed by atoms with Crippen molar-refractivity contribution in [3.8, 4) is 11.1 Å². The summed E-state index contributed by atoms with van der Waals surface area (Å²) in [6.07, 6.45) is -4.10. The average molecular weight is 533 g/mol. The molecule has 0 radical (unpaired) electrons. The Morgan fingerprint density at radius 3 is 2.20 bits per heavy atom. The van der Waals surface area contributed by atoms with Gasteiger partial charge in [0, 0.05) is 24.3 Å². The quantitative estimate of drug-likeness (QED) is 0.486. The number of likely N-dealkylation sites (tertiary alicyclic amines) is 1. The highest BCUT2D eigenvalue weighted by Crippen LogP contribution is 2.42. The van der Waals surface area contributed by atoms with Crippen molar-refractivity contribution < 1.29 is 31.1 Å². The lowest BCUT2D eigenvalue weighted by Crippen LogP contribution is -2.42. The molecule has 1 aliphatic rings. The van der Waals surface area contributed by atoms with Crippen LogP contribution in [0.5, 0.6) is 0 Å². The number of hydrogen-bond acceptors (Lipinski definition) is 5. The van der Waals surface area contributed by atoms with Crippen molar-refractivity contribution in [2.24, 2.45) is 5.92 Å². The van der Waals surface area contributed by atoms with Gasteiger partial charge in [0.2, 0.25) is 0 Å². The van der Waals surface area contributed by atoms with Crippen molar-refractivity contribution in [1.29, 1.82) is 0 Å². The summed E-state index contributed by atoms with van der Waals surface area (Å²) in [6, 6.07) is 7.21. The number of amides is 1. The Bertz CT molecular complexity index is 1180. The topological polar surface area (TPSA) is 89.7 Å². The fourth-order valence-corrected chi connectivity index (χ4v) is 6.02. The first-order valence-electron chi connectivity index (χ1n) is 11.0. The fraction of sp³-hybridized carbons (Fsp3) is 0.458. The van der Waals surface area contributed by atoms with Gasteiger partial charge in [-0.2, -0.15) is 13.2 Å². The molecule has 1 saturated heterocycles. The first-order chi connectivity index (χ1) is 16.1. The molecule has 0 aliphatic carbocycles. The van der Waals surface area contributed by atoms with Crippen LogP contribution in [0.1, 0.15) is 39.2 Å². The zero-order valence-electron chi connectivity index (χ0n) is 19.7. The number of anilines is 1. The van der Waals surface area contributed by atoms with Gasteiger partial charge in [0.05, 0.1) is 21.2 Å². The van der Waals surface area contributed by atoms with Gasteiger partial charge in [-0.25, -0.2) is 13.2 Å². The van der Waals surface area contributed by atoms with E-state index in [0.717, 1.165) is 6.07 Å². The van der Waals surface area contributed by atoms with Crippen molar-refractivity contribution in [3.05, 3.63) is 47.0 Å². The second-order valence-electron chi connectivity index (χ2n) is 9.64. The van der Waals surface area contributed by atoms with Gasteiger partial charge >= 0.3 is 12.3 Å². The molecule has 3 rings (SSSR count). The van der Waals surface area contributed by atoms with Gasteiger partial charge in [-0.15, -0.1) is 0 Å². The van der Waals surface area contributed by atoms with Gasteiger partial charge in [-0.3, -0.25) is 0 Å². The van der Waals surface area contributed by atoms with Crippen molar-refractivity contribution in [3.63, 3.8) is 0 Å². The Balaban J connectivity index is 1.72. The van der Waals surface area contributed by atoms with E-state index in [9.17, 15) is 26.4 Å². The van der Waals surface area contributed by atoms with E-state index >= 15 is 0 Å². The molecule has 2 N–H and O–H groups in total. The van der Waals surface area contributed by atoms with Crippen molar-refractivity contribution in [1.82, 2.24) is 4.90 Å². The molecule has 0 unspecified atom stereocenters. The SMILES string of the molecule is CC(C)(C)OC(=O)N1CCC(CS(=O)(=O)c2ccc(-c3c(Cl)cc(N)cc3C(F)(F)F)cc2)CC1. The van der Waals surface area contributed by atoms with E-state index in [1.807, 2.05) is 0 Å². The fourth-order valence-electron chi connectivity index (χ4n) is 3.99. The van der Waals surface area contributed by atoms with E-state index in [2.05, 4.69) is 0 Å². The van der Waals surface area contributed by atoms with E-state index in [4.69, 9.17) is 22.1 Å². The number of alkyl halides is 3. The lowest BCUT2D eigenvalue weighted by Gasteiger charge is -2.33. The Kier molecular flexibility index (Phi) is 7.67. The molecule has 0 bridgehead atoms. The molecule has 6 nitrogen and oxygen atoms in total. The third kappa shape index (κ3) is 6.82. The van der Waals surface area contributed by atoms with Crippen LogP contribution in [-0.2, 0) is 20.8 Å².